The van der Waals surface area contributed by atoms with Crippen molar-refractivity contribution in [3.8, 4) is 12.3 Å². The Morgan fingerprint density at radius 2 is 2.23 bits per heavy atom. The molecule has 2 fully saturated rings. The Hall–Kier alpha value is -3.60. The molecule has 0 spiro atoms. The van der Waals surface area contributed by atoms with Gasteiger partial charge in [0.25, 0.3) is 11.8 Å². The Bertz CT molecular complexity index is 1450. The van der Waals surface area contributed by atoms with Gasteiger partial charge in [-0.25, -0.2) is 14.5 Å². The largest absolute Gasteiger partial charge is 0.477 e. The molecule has 3 amide bonds. The Morgan fingerprint density at radius 1 is 1.40 bits per heavy atom. The van der Waals surface area contributed by atoms with Gasteiger partial charge in [0.05, 0.1) is 0 Å². The average Bonchev–Trinajstić information content (AvgIpc) is 3.56. The summed E-state index contributed by atoms with van der Waals surface area (Å²) in [6, 6.07) is -0.986. The normalized spacial score (nSPS) is 20.6. The number of oxime groups is 1. The minimum atomic E-state index is -1.26. The molecule has 3 aliphatic heterocycles. The molecule has 5 rings (SSSR count). The number of fused-ring (bicyclic) bond motifs is 1. The number of hydrogen-bond donors (Lipinski definition) is 3. The number of carbonyl (C=O) groups is 4. The molecular weight excluding hydrogens is 603 g/mol. The van der Waals surface area contributed by atoms with Gasteiger partial charge in [-0.15, -0.1) is 34.6 Å². The molecule has 0 aliphatic carbocycles. The lowest BCUT2D eigenvalue weighted by Gasteiger charge is -2.49. The third kappa shape index (κ3) is 5.65. The van der Waals surface area contributed by atoms with Gasteiger partial charge < -0.3 is 20.6 Å². The molecule has 2 saturated heterocycles. The van der Waals surface area contributed by atoms with Gasteiger partial charge in [0.2, 0.25) is 11.6 Å². The number of aliphatic carboxylic acids is 1. The fourth-order valence-corrected chi connectivity index (χ4v) is 7.31. The lowest BCUT2D eigenvalue weighted by molar-refractivity contribution is -0.150. The monoisotopic (exact) mass is 621 g/mol. The second-order valence-electron chi connectivity index (χ2n) is 8.24. The summed E-state index contributed by atoms with van der Waals surface area (Å²) in [5.74, 6) is 1.89. The smallest absolute Gasteiger partial charge is 0.352 e. The molecule has 15 nitrogen and oxygen atoms in total. The second-order valence-corrected chi connectivity index (χ2v) is 12.2. The summed E-state index contributed by atoms with van der Waals surface area (Å²) in [6.07, 6.45) is 5.64. The van der Waals surface area contributed by atoms with Gasteiger partial charge in [-0.2, -0.15) is 11.8 Å². The Kier molecular flexibility index (Phi) is 8.58. The summed E-state index contributed by atoms with van der Waals surface area (Å²) in [5, 5.41) is 31.9. The van der Waals surface area contributed by atoms with E-state index in [1.165, 1.54) is 38.5 Å². The minimum Gasteiger partial charge on any atom is -0.477 e. The Balaban J connectivity index is 1.30. The number of thioether (sulfide) groups is 3. The van der Waals surface area contributed by atoms with E-state index in [4.69, 9.17) is 11.3 Å². The van der Waals surface area contributed by atoms with Crippen molar-refractivity contribution in [2.24, 2.45) is 5.16 Å². The molecule has 0 aromatic carbocycles. The summed E-state index contributed by atoms with van der Waals surface area (Å²) in [5.41, 5.74) is 0.386. The van der Waals surface area contributed by atoms with Gasteiger partial charge in [-0.3, -0.25) is 19.3 Å². The van der Waals surface area contributed by atoms with Crippen LogP contribution in [0.15, 0.2) is 27.0 Å². The molecule has 1 unspecified atom stereocenters. The van der Waals surface area contributed by atoms with Crippen molar-refractivity contribution in [3.05, 3.63) is 22.3 Å². The number of anilines is 1. The van der Waals surface area contributed by atoms with Gasteiger partial charge in [0.1, 0.15) is 35.5 Å². The highest BCUT2D eigenvalue weighted by molar-refractivity contribution is 8.01. The van der Waals surface area contributed by atoms with Gasteiger partial charge in [-0.1, -0.05) is 22.8 Å². The van der Waals surface area contributed by atoms with Crippen LogP contribution in [-0.2, 0) is 30.6 Å². The molecule has 0 radical (unpaired) electrons. The van der Waals surface area contributed by atoms with Crippen molar-refractivity contribution in [1.82, 2.24) is 35.4 Å². The van der Waals surface area contributed by atoms with E-state index in [2.05, 4.69) is 42.2 Å². The van der Waals surface area contributed by atoms with Crippen LogP contribution in [0.3, 0.4) is 0 Å². The molecule has 0 saturated carbocycles. The van der Waals surface area contributed by atoms with Crippen molar-refractivity contribution in [1.29, 1.82) is 0 Å². The van der Waals surface area contributed by atoms with E-state index < -0.39 is 29.2 Å². The van der Waals surface area contributed by atoms with Crippen molar-refractivity contribution >= 4 is 81.7 Å². The summed E-state index contributed by atoms with van der Waals surface area (Å²) in [7, 11) is 0. The van der Waals surface area contributed by atoms with E-state index in [1.807, 2.05) is 0 Å². The van der Waals surface area contributed by atoms with Crippen LogP contribution in [0.5, 0.6) is 0 Å². The molecule has 19 heteroatoms. The molecule has 5 heterocycles. The first-order valence-corrected chi connectivity index (χ1v) is 15.5. The third-order valence-corrected chi connectivity index (χ3v) is 10.1. The quantitative estimate of drug-likeness (QED) is 0.0699. The van der Waals surface area contributed by atoms with E-state index >= 15 is 0 Å². The molecule has 2 atom stereocenters. The number of rotatable bonds is 12. The molecule has 0 bridgehead atoms. The van der Waals surface area contributed by atoms with E-state index in [-0.39, 0.29) is 40.6 Å². The zero-order valence-electron chi connectivity index (χ0n) is 20.3. The standard InChI is InChI=1S/C21H19N9O6S4/c1-2-3-29-21(25-27-28-29)40-5-10-4-38-18-14(17(33)30(18)15(10)19(34)35)24-16(32)13(26-36-11-6-37-7-11)12-8-39-20(23-12)22-9-31/h1,8-9,11,14,18H,3-7H2,(H,24,32)(H,34,35)(H,22,23,31)/t14?,18-/m1/s1. The number of nitrogens with one attached hydrogen (secondary N) is 2. The van der Waals surface area contributed by atoms with Crippen LogP contribution in [0.25, 0.3) is 0 Å². The third-order valence-electron chi connectivity index (χ3n) is 5.70. The van der Waals surface area contributed by atoms with E-state index in [0.29, 0.717) is 22.9 Å². The Morgan fingerprint density at radius 3 is 2.92 bits per heavy atom. The molecule has 2 aromatic rings. The van der Waals surface area contributed by atoms with Crippen LogP contribution >= 0.6 is 46.6 Å². The molecule has 3 N–H and O–H groups in total. The average molecular weight is 622 g/mol. The highest BCUT2D eigenvalue weighted by Crippen LogP contribution is 2.41. The van der Waals surface area contributed by atoms with Gasteiger partial charge in [0, 0.05) is 28.4 Å². The number of β-lactam (4-membered cyclic amide) rings is 1. The highest BCUT2D eigenvalue weighted by Gasteiger charge is 2.54. The minimum absolute atomic E-state index is 0.133. The summed E-state index contributed by atoms with van der Waals surface area (Å²) in [4.78, 5) is 60.2. The van der Waals surface area contributed by atoms with Crippen molar-refractivity contribution in [2.75, 3.05) is 28.3 Å². The molecule has 40 heavy (non-hydrogen) atoms. The van der Waals surface area contributed by atoms with Crippen molar-refractivity contribution in [3.63, 3.8) is 0 Å². The second kappa shape index (κ2) is 12.3. The lowest BCUT2D eigenvalue weighted by atomic mass is 10.0. The maximum absolute atomic E-state index is 13.3. The fourth-order valence-electron chi connectivity index (χ4n) is 3.75. The predicted octanol–water partition coefficient (Wildman–Crippen LogP) is -0.302. The van der Waals surface area contributed by atoms with Crippen LogP contribution in [0.1, 0.15) is 5.69 Å². The topological polar surface area (TPSA) is 194 Å². The van der Waals surface area contributed by atoms with E-state index in [9.17, 15) is 24.3 Å². The number of hydrogen-bond acceptors (Lipinski definition) is 14. The van der Waals surface area contributed by atoms with Crippen LogP contribution in [0.4, 0.5) is 5.13 Å². The number of amides is 3. The zero-order valence-corrected chi connectivity index (χ0v) is 23.5. The molecule has 2 aromatic heterocycles. The van der Waals surface area contributed by atoms with E-state index in [0.717, 1.165) is 22.8 Å². The number of terminal acetylenes is 1. The highest BCUT2D eigenvalue weighted by atomic mass is 32.2. The first kappa shape index (κ1) is 27.9. The van der Waals surface area contributed by atoms with Crippen LogP contribution in [-0.4, -0.2) is 106 Å². The van der Waals surface area contributed by atoms with Crippen molar-refractivity contribution in [2.45, 2.75) is 29.2 Å². The number of carbonyl (C=O) groups excluding carboxylic acids is 3. The maximum atomic E-state index is 13.3. The summed E-state index contributed by atoms with van der Waals surface area (Å²) < 4.78 is 1.41. The number of thiazole rings is 1. The van der Waals surface area contributed by atoms with Crippen LogP contribution in [0.2, 0.25) is 0 Å². The number of aromatic nitrogens is 5. The van der Waals surface area contributed by atoms with Gasteiger partial charge in [-0.05, 0) is 16.0 Å². The summed E-state index contributed by atoms with van der Waals surface area (Å²) in [6.45, 7) is 0.161. The summed E-state index contributed by atoms with van der Waals surface area (Å²) >= 11 is 5.30. The molecule has 3 aliphatic rings. The Labute approximate surface area is 242 Å². The lowest BCUT2D eigenvalue weighted by Crippen LogP contribution is -2.71. The van der Waals surface area contributed by atoms with Crippen molar-refractivity contribution < 1.29 is 29.1 Å². The SMILES string of the molecule is C#CCn1nnnc1SCC1=C(C(=O)O)N2C(=O)C(NC(=O)C(=NOC3CSC3)c3csc(NC=O)n3)[C@H]2SC1. The number of carboxylic acids is 1. The first-order valence-electron chi connectivity index (χ1n) is 11.4. The number of nitrogens with zero attached hydrogens (tertiary/aromatic N) is 7. The predicted molar refractivity (Wildman–Crippen MR) is 148 cm³/mol. The zero-order chi connectivity index (χ0) is 28.2. The maximum Gasteiger partial charge on any atom is 0.352 e. The molecule has 208 valence electrons. The fraction of sp³-hybridized carbons (Fsp3) is 0.381. The molecular formula is C21H19N9O6S4. The van der Waals surface area contributed by atoms with Gasteiger partial charge in [0.15, 0.2) is 10.8 Å². The van der Waals surface area contributed by atoms with Crippen LogP contribution < -0.4 is 10.6 Å². The number of carboxylic acid groups (broad SMARTS) is 1. The number of tetrazole rings is 1. The first-order chi connectivity index (χ1) is 19.4. The van der Waals surface area contributed by atoms with Gasteiger partial charge >= 0.3 is 5.97 Å². The van der Waals surface area contributed by atoms with E-state index in [1.54, 1.807) is 11.8 Å². The van der Waals surface area contributed by atoms with Crippen LogP contribution in [0, 0.1) is 12.3 Å².